The summed E-state index contributed by atoms with van der Waals surface area (Å²) in [5.74, 6) is 0.349. The summed E-state index contributed by atoms with van der Waals surface area (Å²) in [6, 6.07) is 7.70. The number of thiazole rings is 1. The molecule has 0 bridgehead atoms. The van der Waals surface area contributed by atoms with Crippen LogP contribution in [0.5, 0.6) is 0 Å². The highest BCUT2D eigenvalue weighted by Crippen LogP contribution is 2.22. The van der Waals surface area contributed by atoms with E-state index in [9.17, 15) is 4.79 Å². The molecule has 0 spiro atoms. The van der Waals surface area contributed by atoms with Gasteiger partial charge in [-0.15, -0.1) is 11.3 Å². The minimum Gasteiger partial charge on any atom is -0.453 e. The second kappa shape index (κ2) is 4.56. The quantitative estimate of drug-likeness (QED) is 0.539. The lowest BCUT2D eigenvalue weighted by Gasteiger charge is -1.93. The lowest BCUT2D eigenvalue weighted by Crippen LogP contribution is -2.02. The number of Topliss-reactive ketones (excluding diaryl/α,β-unsaturated/α-hetero) is 1. The van der Waals surface area contributed by atoms with Crippen molar-refractivity contribution in [2.75, 3.05) is 0 Å². The number of aromatic nitrogens is 2. The monoisotopic (exact) mass is 296 g/mol. The van der Waals surface area contributed by atoms with Gasteiger partial charge in [0.2, 0.25) is 5.78 Å². The highest BCUT2D eigenvalue weighted by atomic mass is 32.1. The number of benzene rings is 1. The summed E-state index contributed by atoms with van der Waals surface area (Å²) in [4.78, 5) is 17.7. The first kappa shape index (κ1) is 12.3. The van der Waals surface area contributed by atoms with Gasteiger partial charge in [-0.1, -0.05) is 11.6 Å². The molecule has 0 aliphatic carbocycles. The number of nitrogens with zero attached hydrogens (tertiary/aromatic N) is 2. The second-order valence-electron chi connectivity index (χ2n) is 5.08. The second-order valence-corrected chi connectivity index (χ2v) is 5.95. The summed E-state index contributed by atoms with van der Waals surface area (Å²) in [7, 11) is 0. The number of aryl methyl sites for hydroxylation is 1. The number of fused-ring (bicyclic) bond motifs is 2. The Balaban J connectivity index is 1.64. The van der Waals surface area contributed by atoms with Crippen molar-refractivity contribution in [1.29, 1.82) is 0 Å². The molecule has 0 amide bonds. The van der Waals surface area contributed by atoms with Crippen LogP contribution in [0.15, 0.2) is 46.5 Å². The van der Waals surface area contributed by atoms with Crippen molar-refractivity contribution in [3.63, 3.8) is 0 Å². The number of hydrogen-bond acceptors (Lipinski definition) is 4. The highest BCUT2D eigenvalue weighted by Gasteiger charge is 2.15. The van der Waals surface area contributed by atoms with Crippen LogP contribution >= 0.6 is 11.3 Å². The fourth-order valence-corrected chi connectivity index (χ4v) is 3.13. The van der Waals surface area contributed by atoms with Crippen molar-refractivity contribution < 1.29 is 9.21 Å². The van der Waals surface area contributed by atoms with Crippen LogP contribution < -0.4 is 0 Å². The molecule has 0 atom stereocenters. The smallest absolute Gasteiger partial charge is 0.204 e. The highest BCUT2D eigenvalue weighted by molar-refractivity contribution is 7.15. The maximum atomic E-state index is 12.3. The van der Waals surface area contributed by atoms with Crippen molar-refractivity contribution >= 4 is 33.1 Å². The summed E-state index contributed by atoms with van der Waals surface area (Å²) < 4.78 is 7.56. The SMILES string of the molecule is Cc1ccc2oc(C(=O)Cc3cn4ccsc4n3)cc2c1. The number of carbonyl (C=O) groups is 1. The van der Waals surface area contributed by atoms with Gasteiger partial charge in [0.15, 0.2) is 10.7 Å². The topological polar surface area (TPSA) is 47.5 Å². The van der Waals surface area contributed by atoms with Crippen molar-refractivity contribution in [2.24, 2.45) is 0 Å². The van der Waals surface area contributed by atoms with Crippen LogP contribution in [-0.2, 0) is 6.42 Å². The third kappa shape index (κ3) is 2.15. The van der Waals surface area contributed by atoms with Crippen molar-refractivity contribution in [2.45, 2.75) is 13.3 Å². The summed E-state index contributed by atoms with van der Waals surface area (Å²) in [5, 5.41) is 2.93. The molecule has 4 rings (SSSR count). The van der Waals surface area contributed by atoms with E-state index >= 15 is 0 Å². The minimum atomic E-state index is -0.0467. The molecule has 0 radical (unpaired) electrons. The van der Waals surface area contributed by atoms with Gasteiger partial charge in [0, 0.05) is 23.2 Å². The zero-order valence-corrected chi connectivity index (χ0v) is 12.2. The zero-order valence-electron chi connectivity index (χ0n) is 11.4. The lowest BCUT2D eigenvalue weighted by molar-refractivity contribution is 0.0967. The Morgan fingerprint density at radius 1 is 1.38 bits per heavy atom. The van der Waals surface area contributed by atoms with Crippen molar-refractivity contribution in [1.82, 2.24) is 9.38 Å². The zero-order chi connectivity index (χ0) is 14.4. The Morgan fingerprint density at radius 3 is 3.14 bits per heavy atom. The molecule has 3 aromatic heterocycles. The fourth-order valence-electron chi connectivity index (χ4n) is 2.41. The largest absolute Gasteiger partial charge is 0.453 e. The summed E-state index contributed by atoms with van der Waals surface area (Å²) in [5.41, 5.74) is 2.66. The average Bonchev–Trinajstić information content (AvgIpc) is 3.10. The summed E-state index contributed by atoms with van der Waals surface area (Å²) in [6.07, 6.45) is 4.08. The van der Waals surface area contributed by atoms with E-state index in [1.54, 1.807) is 11.3 Å². The van der Waals surface area contributed by atoms with Crippen LogP contribution in [0.2, 0.25) is 0 Å². The van der Waals surface area contributed by atoms with Gasteiger partial charge in [0.1, 0.15) is 5.58 Å². The molecule has 5 heteroatoms. The third-order valence-electron chi connectivity index (χ3n) is 3.43. The first-order valence-corrected chi connectivity index (χ1v) is 7.51. The number of imidazole rings is 1. The Labute approximate surface area is 124 Å². The number of hydrogen-bond donors (Lipinski definition) is 0. The summed E-state index contributed by atoms with van der Waals surface area (Å²) in [6.45, 7) is 2.02. The molecule has 104 valence electrons. The van der Waals surface area contributed by atoms with Crippen molar-refractivity contribution in [3.8, 4) is 0 Å². The van der Waals surface area contributed by atoms with Crippen molar-refractivity contribution in [3.05, 3.63) is 59.1 Å². The Bertz CT molecular complexity index is 933. The van der Waals surface area contributed by atoms with E-state index in [1.165, 1.54) is 0 Å². The van der Waals surface area contributed by atoms with Gasteiger partial charge in [-0.05, 0) is 25.1 Å². The van der Waals surface area contributed by atoms with Crippen LogP contribution in [-0.4, -0.2) is 15.2 Å². The minimum absolute atomic E-state index is 0.0467. The van der Waals surface area contributed by atoms with Gasteiger partial charge >= 0.3 is 0 Å². The number of furan rings is 1. The third-order valence-corrected chi connectivity index (χ3v) is 4.20. The van der Waals surface area contributed by atoms with Crippen LogP contribution in [0, 0.1) is 6.92 Å². The van der Waals surface area contributed by atoms with Gasteiger partial charge in [-0.2, -0.15) is 0 Å². The first-order valence-electron chi connectivity index (χ1n) is 6.63. The molecule has 21 heavy (non-hydrogen) atoms. The molecule has 4 nitrogen and oxygen atoms in total. The lowest BCUT2D eigenvalue weighted by atomic mass is 10.1. The van der Waals surface area contributed by atoms with Gasteiger partial charge in [-0.3, -0.25) is 9.20 Å². The van der Waals surface area contributed by atoms with Crippen LogP contribution in [0.25, 0.3) is 15.9 Å². The number of carbonyl (C=O) groups excluding carboxylic acids is 1. The fraction of sp³-hybridized carbons (Fsp3) is 0.125. The van der Waals surface area contributed by atoms with Gasteiger partial charge in [0.25, 0.3) is 0 Å². The van der Waals surface area contributed by atoms with Crippen LogP contribution in [0.4, 0.5) is 0 Å². The van der Waals surface area contributed by atoms with E-state index in [0.717, 1.165) is 27.2 Å². The molecule has 1 aromatic carbocycles. The van der Waals surface area contributed by atoms with E-state index in [2.05, 4.69) is 4.98 Å². The van der Waals surface area contributed by atoms with Gasteiger partial charge < -0.3 is 4.42 Å². The Morgan fingerprint density at radius 2 is 2.29 bits per heavy atom. The molecule has 4 aromatic rings. The molecule has 3 heterocycles. The molecule has 0 aliphatic heterocycles. The first-order chi connectivity index (χ1) is 10.2. The molecule has 0 N–H and O–H groups in total. The van der Waals surface area contributed by atoms with Crippen LogP contribution in [0.3, 0.4) is 0 Å². The summed E-state index contributed by atoms with van der Waals surface area (Å²) >= 11 is 1.55. The predicted molar refractivity (Wildman–Crippen MR) is 82.1 cm³/mol. The number of rotatable bonds is 3. The maximum Gasteiger partial charge on any atom is 0.204 e. The van der Waals surface area contributed by atoms with Gasteiger partial charge in [0.05, 0.1) is 12.1 Å². The standard InChI is InChI=1S/C16H12N2O2S/c1-10-2-3-14-11(6-10)7-15(20-14)13(19)8-12-9-18-4-5-21-16(18)17-12/h2-7,9H,8H2,1H3. The molecule has 0 saturated carbocycles. The molecular weight excluding hydrogens is 284 g/mol. The Hall–Kier alpha value is -2.40. The van der Waals surface area contributed by atoms with E-state index < -0.39 is 0 Å². The number of ketones is 1. The molecule has 0 fully saturated rings. The van der Waals surface area contributed by atoms with Crippen LogP contribution in [0.1, 0.15) is 21.8 Å². The maximum absolute atomic E-state index is 12.3. The predicted octanol–water partition coefficient (Wildman–Crippen LogP) is 3.88. The van der Waals surface area contributed by atoms with E-state index in [0.29, 0.717) is 5.76 Å². The molecule has 0 unspecified atom stereocenters. The Kier molecular flexibility index (Phi) is 2.68. The van der Waals surface area contributed by atoms with E-state index in [4.69, 9.17) is 4.42 Å². The molecular formula is C16H12N2O2S. The normalized spacial score (nSPS) is 11.5. The van der Waals surface area contributed by atoms with Gasteiger partial charge in [-0.25, -0.2) is 4.98 Å². The average molecular weight is 296 g/mol. The molecule has 0 aliphatic rings. The van der Waals surface area contributed by atoms with E-state index in [-0.39, 0.29) is 12.2 Å². The molecule has 0 saturated heterocycles. The van der Waals surface area contributed by atoms with E-state index in [1.807, 2.05) is 53.4 Å².